The maximum atomic E-state index is 13.3. The van der Waals surface area contributed by atoms with Gasteiger partial charge < -0.3 is 5.32 Å². The lowest BCUT2D eigenvalue weighted by atomic mass is 10.2. The fourth-order valence-corrected chi connectivity index (χ4v) is 1.53. The van der Waals surface area contributed by atoms with E-state index in [4.69, 9.17) is 0 Å². The third kappa shape index (κ3) is 3.81. The first-order valence-electron chi connectivity index (χ1n) is 4.92. The van der Waals surface area contributed by atoms with Gasteiger partial charge in [-0.25, -0.2) is 4.39 Å². The molecular formula is C11H12BrFN2O2. The molecule has 0 unspecified atom stereocenters. The largest absolute Gasteiger partial charge is 0.376 e. The molecule has 0 atom stereocenters. The molecule has 0 saturated carbocycles. The van der Waals surface area contributed by atoms with Crippen LogP contribution in [0.2, 0.25) is 0 Å². The Kier molecular flexibility index (Phi) is 4.62. The van der Waals surface area contributed by atoms with Crippen LogP contribution in [0.5, 0.6) is 0 Å². The van der Waals surface area contributed by atoms with Gasteiger partial charge in [-0.05, 0) is 29.8 Å². The Morgan fingerprint density at radius 1 is 1.59 bits per heavy atom. The Morgan fingerprint density at radius 2 is 2.24 bits per heavy atom. The first-order valence-corrected chi connectivity index (χ1v) is 5.71. The van der Waals surface area contributed by atoms with E-state index in [1.54, 1.807) is 0 Å². The highest BCUT2D eigenvalue weighted by molar-refractivity contribution is 9.10. The highest BCUT2D eigenvalue weighted by Crippen LogP contribution is 2.30. The molecule has 1 aromatic rings. The molecule has 1 rings (SSSR count). The van der Waals surface area contributed by atoms with Crippen LogP contribution in [0, 0.1) is 15.9 Å². The highest BCUT2D eigenvalue weighted by atomic mass is 79.9. The van der Waals surface area contributed by atoms with E-state index in [1.807, 2.05) is 19.9 Å². The van der Waals surface area contributed by atoms with Crippen LogP contribution >= 0.6 is 15.9 Å². The van der Waals surface area contributed by atoms with Crippen molar-refractivity contribution in [2.24, 2.45) is 0 Å². The van der Waals surface area contributed by atoms with Crippen molar-refractivity contribution in [3.05, 3.63) is 44.2 Å². The minimum atomic E-state index is -0.547. The highest BCUT2D eigenvalue weighted by Gasteiger charge is 2.16. The summed E-state index contributed by atoms with van der Waals surface area (Å²) < 4.78 is 13.4. The molecule has 92 valence electrons. The van der Waals surface area contributed by atoms with Crippen LogP contribution in [0.4, 0.5) is 15.8 Å². The fraction of sp³-hybridized carbons (Fsp3) is 0.273. The predicted octanol–water partition coefficient (Wildman–Crippen LogP) is 3.87. The number of nitrogens with zero attached hydrogens (tertiary/aromatic N) is 1. The van der Waals surface area contributed by atoms with Crippen molar-refractivity contribution in [3.8, 4) is 0 Å². The lowest BCUT2D eigenvalue weighted by Gasteiger charge is -2.06. The van der Waals surface area contributed by atoms with Crippen LogP contribution in [0.1, 0.15) is 13.8 Å². The molecular weight excluding hydrogens is 291 g/mol. The molecule has 0 aromatic heterocycles. The van der Waals surface area contributed by atoms with E-state index in [-0.39, 0.29) is 15.8 Å². The summed E-state index contributed by atoms with van der Waals surface area (Å²) in [5.74, 6) is -0.532. The second kappa shape index (κ2) is 5.77. The number of allylic oxidation sites excluding steroid dienone is 1. The summed E-state index contributed by atoms with van der Waals surface area (Å²) >= 11 is 2.92. The van der Waals surface area contributed by atoms with Crippen molar-refractivity contribution < 1.29 is 9.31 Å². The number of nitro groups is 1. The zero-order chi connectivity index (χ0) is 13.0. The lowest BCUT2D eigenvalue weighted by Crippen LogP contribution is -2.03. The second-order valence-electron chi connectivity index (χ2n) is 3.70. The summed E-state index contributed by atoms with van der Waals surface area (Å²) in [4.78, 5) is 10.2. The van der Waals surface area contributed by atoms with E-state index in [0.717, 1.165) is 17.7 Å². The summed E-state index contributed by atoms with van der Waals surface area (Å²) in [5, 5.41) is 13.6. The van der Waals surface area contributed by atoms with E-state index < -0.39 is 10.7 Å². The average Bonchev–Trinajstić information content (AvgIpc) is 2.22. The molecule has 0 radical (unpaired) electrons. The summed E-state index contributed by atoms with van der Waals surface area (Å²) in [7, 11) is 0. The Hall–Kier alpha value is -1.43. The van der Waals surface area contributed by atoms with Gasteiger partial charge in [-0.1, -0.05) is 11.6 Å². The molecule has 0 aliphatic carbocycles. The molecule has 0 aliphatic rings. The minimum Gasteiger partial charge on any atom is -0.376 e. The monoisotopic (exact) mass is 302 g/mol. The van der Waals surface area contributed by atoms with Crippen molar-refractivity contribution in [2.45, 2.75) is 13.8 Å². The molecule has 4 nitrogen and oxygen atoms in total. The van der Waals surface area contributed by atoms with Crippen molar-refractivity contribution >= 4 is 27.3 Å². The fourth-order valence-electron chi connectivity index (χ4n) is 1.19. The molecule has 1 aromatic carbocycles. The average molecular weight is 303 g/mol. The first kappa shape index (κ1) is 13.6. The minimum absolute atomic E-state index is 0.0805. The Balaban J connectivity index is 3.00. The Bertz CT molecular complexity index is 471. The van der Waals surface area contributed by atoms with Crippen molar-refractivity contribution in [1.29, 1.82) is 0 Å². The number of benzene rings is 1. The number of rotatable bonds is 4. The van der Waals surface area contributed by atoms with Gasteiger partial charge in [0.15, 0.2) is 0 Å². The van der Waals surface area contributed by atoms with Crippen LogP contribution in [-0.4, -0.2) is 11.5 Å². The third-order valence-corrected chi connectivity index (χ3v) is 2.65. The van der Waals surface area contributed by atoms with E-state index in [1.165, 1.54) is 0 Å². The molecule has 0 heterocycles. The molecule has 0 amide bonds. The Morgan fingerprint density at radius 3 is 2.76 bits per heavy atom. The standard InChI is InChI=1S/C11H12BrFN2O2/c1-7(2)3-4-14-10-6-9(13)8(12)5-11(10)15(16)17/h3,5-6,14H,4H2,1-2H3. The van der Waals surface area contributed by atoms with E-state index in [0.29, 0.717) is 6.54 Å². The summed E-state index contributed by atoms with van der Waals surface area (Å²) in [5.41, 5.74) is 1.10. The van der Waals surface area contributed by atoms with Gasteiger partial charge in [0.2, 0.25) is 0 Å². The molecule has 0 fully saturated rings. The van der Waals surface area contributed by atoms with Crippen molar-refractivity contribution in [2.75, 3.05) is 11.9 Å². The van der Waals surface area contributed by atoms with Gasteiger partial charge in [0.05, 0.1) is 9.40 Å². The van der Waals surface area contributed by atoms with Gasteiger partial charge in [0.1, 0.15) is 11.5 Å². The number of nitro benzene ring substituents is 1. The quantitative estimate of drug-likeness (QED) is 0.522. The smallest absolute Gasteiger partial charge is 0.293 e. The Labute approximate surface area is 107 Å². The van der Waals surface area contributed by atoms with Crippen LogP contribution in [0.15, 0.2) is 28.3 Å². The van der Waals surface area contributed by atoms with Crippen molar-refractivity contribution in [3.63, 3.8) is 0 Å². The molecule has 0 saturated heterocycles. The molecule has 0 bridgehead atoms. The number of nitrogens with one attached hydrogen (secondary N) is 1. The zero-order valence-corrected chi connectivity index (χ0v) is 11.0. The number of hydrogen-bond acceptors (Lipinski definition) is 3. The normalized spacial score (nSPS) is 9.88. The molecule has 0 spiro atoms. The summed E-state index contributed by atoms with van der Waals surface area (Å²) in [6.07, 6.45) is 1.86. The molecule has 0 aliphatic heterocycles. The van der Waals surface area contributed by atoms with Gasteiger partial charge in [-0.2, -0.15) is 0 Å². The van der Waals surface area contributed by atoms with E-state index >= 15 is 0 Å². The van der Waals surface area contributed by atoms with Crippen LogP contribution in [0.25, 0.3) is 0 Å². The van der Waals surface area contributed by atoms with Crippen molar-refractivity contribution in [1.82, 2.24) is 0 Å². The maximum absolute atomic E-state index is 13.3. The van der Waals surface area contributed by atoms with Gasteiger partial charge in [0.25, 0.3) is 5.69 Å². The van der Waals surface area contributed by atoms with Gasteiger partial charge in [-0.15, -0.1) is 0 Å². The van der Waals surface area contributed by atoms with Gasteiger partial charge in [0, 0.05) is 18.7 Å². The van der Waals surface area contributed by atoms with E-state index in [2.05, 4.69) is 21.2 Å². The summed E-state index contributed by atoms with van der Waals surface area (Å²) in [6.45, 7) is 4.25. The van der Waals surface area contributed by atoms with E-state index in [9.17, 15) is 14.5 Å². The second-order valence-corrected chi connectivity index (χ2v) is 4.56. The molecule has 17 heavy (non-hydrogen) atoms. The number of hydrogen-bond donors (Lipinski definition) is 1. The molecule has 1 N–H and O–H groups in total. The van der Waals surface area contributed by atoms with Crippen LogP contribution < -0.4 is 5.32 Å². The predicted molar refractivity (Wildman–Crippen MR) is 68.7 cm³/mol. The zero-order valence-electron chi connectivity index (χ0n) is 9.46. The van der Waals surface area contributed by atoms with Gasteiger partial charge >= 0.3 is 0 Å². The number of halogens is 2. The maximum Gasteiger partial charge on any atom is 0.293 e. The van der Waals surface area contributed by atoms with Gasteiger partial charge in [-0.3, -0.25) is 10.1 Å². The lowest BCUT2D eigenvalue weighted by molar-refractivity contribution is -0.384. The SMILES string of the molecule is CC(C)=CCNc1cc(F)c(Br)cc1[N+](=O)[O-]. The summed E-state index contributed by atoms with van der Waals surface area (Å²) in [6, 6.07) is 2.27. The molecule has 6 heteroatoms. The topological polar surface area (TPSA) is 55.2 Å². The first-order chi connectivity index (χ1) is 7.91. The van der Waals surface area contributed by atoms with Crippen LogP contribution in [-0.2, 0) is 0 Å². The third-order valence-electron chi connectivity index (χ3n) is 2.04. The number of anilines is 1. The van der Waals surface area contributed by atoms with Crippen LogP contribution in [0.3, 0.4) is 0 Å².